The number of imidazole rings is 1. The highest BCUT2D eigenvalue weighted by molar-refractivity contribution is 5.98. The predicted octanol–water partition coefficient (Wildman–Crippen LogP) is 4.92. The van der Waals surface area contributed by atoms with Gasteiger partial charge in [-0.05, 0) is 35.4 Å². The molecular formula is C26H34N4O5. The lowest BCUT2D eigenvalue weighted by molar-refractivity contribution is -0.384. The van der Waals surface area contributed by atoms with Gasteiger partial charge in [-0.15, -0.1) is 0 Å². The van der Waals surface area contributed by atoms with Gasteiger partial charge < -0.3 is 20.1 Å². The SMILES string of the molecule is CC(C)(C)c1cc(C(=O)Cn2c(NCCCO)nc3cc([N+](=O)[O-])ccc32)cc(C(C)(C)C)c1O. The first-order valence-corrected chi connectivity index (χ1v) is 11.6. The van der Waals surface area contributed by atoms with Gasteiger partial charge in [-0.2, -0.15) is 0 Å². The molecule has 2 aromatic carbocycles. The quantitative estimate of drug-likeness (QED) is 0.180. The molecule has 0 fully saturated rings. The van der Waals surface area contributed by atoms with Crippen LogP contribution in [0.25, 0.3) is 11.0 Å². The zero-order chi connectivity index (χ0) is 26.1. The molecule has 3 rings (SSSR count). The van der Waals surface area contributed by atoms with Gasteiger partial charge in [-0.1, -0.05) is 41.5 Å². The number of nitro benzene ring substituents is 1. The van der Waals surface area contributed by atoms with Crippen molar-refractivity contribution in [3.63, 3.8) is 0 Å². The van der Waals surface area contributed by atoms with E-state index in [0.717, 1.165) is 0 Å². The van der Waals surface area contributed by atoms with Crippen LogP contribution >= 0.6 is 0 Å². The Hall–Kier alpha value is -3.46. The Kier molecular flexibility index (Phi) is 7.21. The van der Waals surface area contributed by atoms with E-state index in [1.165, 1.54) is 12.1 Å². The highest BCUT2D eigenvalue weighted by atomic mass is 16.6. The summed E-state index contributed by atoms with van der Waals surface area (Å²) in [7, 11) is 0. The van der Waals surface area contributed by atoms with Crippen LogP contribution in [-0.2, 0) is 17.4 Å². The van der Waals surface area contributed by atoms with E-state index in [-0.39, 0.29) is 41.2 Å². The highest BCUT2D eigenvalue weighted by Gasteiger charge is 2.28. The van der Waals surface area contributed by atoms with Gasteiger partial charge in [0.25, 0.3) is 5.69 Å². The molecule has 188 valence electrons. The Morgan fingerprint density at radius 1 is 1.09 bits per heavy atom. The molecule has 0 unspecified atom stereocenters. The summed E-state index contributed by atoms with van der Waals surface area (Å²) in [5.74, 6) is 0.422. The summed E-state index contributed by atoms with van der Waals surface area (Å²) in [5, 5.41) is 34.5. The molecular weight excluding hydrogens is 448 g/mol. The number of nitrogens with one attached hydrogen (secondary N) is 1. The number of rotatable bonds is 8. The van der Waals surface area contributed by atoms with Crippen LogP contribution in [0, 0.1) is 10.1 Å². The molecule has 0 aliphatic heterocycles. The van der Waals surface area contributed by atoms with Crippen molar-refractivity contribution >= 4 is 28.5 Å². The van der Waals surface area contributed by atoms with Crippen molar-refractivity contribution in [1.29, 1.82) is 0 Å². The molecule has 0 atom stereocenters. The van der Waals surface area contributed by atoms with Crippen LogP contribution in [-0.4, -0.2) is 43.6 Å². The summed E-state index contributed by atoms with van der Waals surface area (Å²) in [4.78, 5) is 28.8. The van der Waals surface area contributed by atoms with Crippen LogP contribution < -0.4 is 5.32 Å². The van der Waals surface area contributed by atoms with Gasteiger partial charge in [0.15, 0.2) is 5.78 Å². The van der Waals surface area contributed by atoms with E-state index < -0.39 is 4.92 Å². The fraction of sp³-hybridized carbons (Fsp3) is 0.462. The Balaban J connectivity index is 2.10. The number of ketones is 1. The number of non-ortho nitro benzene ring substituents is 1. The molecule has 35 heavy (non-hydrogen) atoms. The number of hydrogen-bond donors (Lipinski definition) is 3. The van der Waals surface area contributed by atoms with Crippen molar-refractivity contribution in [2.75, 3.05) is 18.5 Å². The number of hydrogen-bond acceptors (Lipinski definition) is 7. The number of benzene rings is 2. The number of nitrogens with zero attached hydrogens (tertiary/aromatic N) is 3. The minimum atomic E-state index is -0.485. The number of carbonyl (C=O) groups excluding carboxylic acids is 1. The van der Waals surface area contributed by atoms with Gasteiger partial charge in [-0.3, -0.25) is 14.9 Å². The van der Waals surface area contributed by atoms with Crippen LogP contribution in [0.5, 0.6) is 5.75 Å². The minimum absolute atomic E-state index is 0.00367. The first kappa shape index (κ1) is 26.2. The first-order chi connectivity index (χ1) is 16.2. The standard InChI is InChI=1S/C26H34N4O5/c1-25(2,3)18-12-16(13-19(23(18)33)26(4,5)6)22(32)15-29-21-9-8-17(30(34)35)14-20(21)28-24(29)27-10-7-11-31/h8-9,12-14,31,33H,7,10-11,15H2,1-6H3,(H,27,28). The van der Waals surface area contributed by atoms with E-state index in [4.69, 9.17) is 5.11 Å². The molecule has 1 aromatic heterocycles. The minimum Gasteiger partial charge on any atom is -0.507 e. The lowest BCUT2D eigenvalue weighted by Crippen LogP contribution is -2.20. The van der Waals surface area contributed by atoms with Crippen LogP contribution in [0.1, 0.15) is 69.4 Å². The summed E-state index contributed by atoms with van der Waals surface area (Å²) >= 11 is 0. The molecule has 0 saturated carbocycles. The predicted molar refractivity (Wildman–Crippen MR) is 136 cm³/mol. The average molecular weight is 483 g/mol. The number of phenolic OH excluding ortho intramolecular Hbond substituents is 1. The fourth-order valence-corrected chi connectivity index (χ4v) is 3.98. The molecule has 0 saturated heterocycles. The zero-order valence-corrected chi connectivity index (χ0v) is 21.2. The van der Waals surface area contributed by atoms with E-state index in [2.05, 4.69) is 10.3 Å². The molecule has 0 radical (unpaired) electrons. The van der Waals surface area contributed by atoms with Gasteiger partial charge in [0, 0.05) is 42.0 Å². The lowest BCUT2D eigenvalue weighted by atomic mass is 9.78. The summed E-state index contributed by atoms with van der Waals surface area (Å²) < 4.78 is 1.69. The summed E-state index contributed by atoms with van der Waals surface area (Å²) in [6, 6.07) is 7.84. The first-order valence-electron chi connectivity index (χ1n) is 11.6. The zero-order valence-electron chi connectivity index (χ0n) is 21.2. The normalized spacial score (nSPS) is 12.2. The van der Waals surface area contributed by atoms with Crippen molar-refractivity contribution in [2.45, 2.75) is 65.3 Å². The Bertz CT molecular complexity index is 1230. The number of aliphatic hydroxyl groups excluding tert-OH is 1. The molecule has 9 nitrogen and oxygen atoms in total. The maximum atomic E-state index is 13.6. The Labute approximate surface area is 205 Å². The number of fused-ring (bicyclic) bond motifs is 1. The third-order valence-electron chi connectivity index (χ3n) is 5.91. The van der Waals surface area contributed by atoms with E-state index in [1.807, 2.05) is 41.5 Å². The van der Waals surface area contributed by atoms with Crippen molar-refractivity contribution in [3.8, 4) is 5.75 Å². The summed E-state index contributed by atoms with van der Waals surface area (Å²) in [6.07, 6.45) is 0.485. The number of carbonyl (C=O) groups is 1. The third kappa shape index (κ3) is 5.62. The number of aromatic hydroxyl groups is 1. The maximum Gasteiger partial charge on any atom is 0.271 e. The molecule has 3 N–H and O–H groups in total. The number of aliphatic hydroxyl groups is 1. The third-order valence-corrected chi connectivity index (χ3v) is 5.91. The topological polar surface area (TPSA) is 131 Å². The molecule has 1 heterocycles. The van der Waals surface area contributed by atoms with E-state index >= 15 is 0 Å². The second kappa shape index (κ2) is 9.65. The van der Waals surface area contributed by atoms with Crippen LogP contribution in [0.2, 0.25) is 0 Å². The van der Waals surface area contributed by atoms with E-state index in [1.54, 1.807) is 22.8 Å². The second-order valence-corrected chi connectivity index (χ2v) is 10.8. The lowest BCUT2D eigenvalue weighted by Gasteiger charge is -2.28. The van der Waals surface area contributed by atoms with Crippen LogP contribution in [0.4, 0.5) is 11.6 Å². The maximum absolute atomic E-state index is 13.6. The highest BCUT2D eigenvalue weighted by Crippen LogP contribution is 2.40. The number of nitro groups is 1. The van der Waals surface area contributed by atoms with E-state index in [9.17, 15) is 20.0 Å². The number of anilines is 1. The Morgan fingerprint density at radius 2 is 1.69 bits per heavy atom. The molecule has 0 aliphatic rings. The van der Waals surface area contributed by atoms with Crippen molar-refractivity contribution in [3.05, 3.63) is 57.1 Å². The van der Waals surface area contributed by atoms with E-state index in [0.29, 0.717) is 46.6 Å². The largest absolute Gasteiger partial charge is 0.507 e. The van der Waals surface area contributed by atoms with Crippen molar-refractivity contribution in [1.82, 2.24) is 9.55 Å². The molecule has 9 heteroatoms. The monoisotopic (exact) mass is 482 g/mol. The van der Waals surface area contributed by atoms with Crippen molar-refractivity contribution in [2.24, 2.45) is 0 Å². The average Bonchev–Trinajstić information content (AvgIpc) is 3.08. The summed E-state index contributed by atoms with van der Waals surface area (Å²) in [5.41, 5.74) is 2.01. The molecule has 0 spiro atoms. The van der Waals surface area contributed by atoms with Gasteiger partial charge >= 0.3 is 0 Å². The van der Waals surface area contributed by atoms with Gasteiger partial charge in [0.1, 0.15) is 5.75 Å². The van der Waals surface area contributed by atoms with Gasteiger partial charge in [-0.25, -0.2) is 4.98 Å². The van der Waals surface area contributed by atoms with Gasteiger partial charge in [0.05, 0.1) is 22.5 Å². The van der Waals surface area contributed by atoms with Crippen molar-refractivity contribution < 1.29 is 19.9 Å². The molecule has 0 amide bonds. The van der Waals surface area contributed by atoms with Crippen LogP contribution in [0.3, 0.4) is 0 Å². The second-order valence-electron chi connectivity index (χ2n) is 10.8. The van der Waals surface area contributed by atoms with Gasteiger partial charge in [0.2, 0.25) is 5.95 Å². The van der Waals surface area contributed by atoms with Crippen LogP contribution in [0.15, 0.2) is 30.3 Å². The number of aromatic nitrogens is 2. The smallest absolute Gasteiger partial charge is 0.271 e. The fourth-order valence-electron chi connectivity index (χ4n) is 3.98. The number of phenols is 1. The number of Topliss-reactive ketones (excluding diaryl/α,β-unsaturated/α-hetero) is 1. The molecule has 0 bridgehead atoms. The molecule has 3 aromatic rings. The Morgan fingerprint density at radius 3 is 2.20 bits per heavy atom. The summed E-state index contributed by atoms with van der Waals surface area (Å²) in [6.45, 7) is 12.3. The molecule has 0 aliphatic carbocycles.